The van der Waals surface area contributed by atoms with E-state index in [4.69, 9.17) is 9.41 Å². The van der Waals surface area contributed by atoms with Crippen molar-refractivity contribution in [3.63, 3.8) is 0 Å². The fourth-order valence-corrected chi connectivity index (χ4v) is 3.66. The van der Waals surface area contributed by atoms with Gasteiger partial charge in [0.1, 0.15) is 0 Å². The lowest BCUT2D eigenvalue weighted by Gasteiger charge is -2.30. The monoisotopic (exact) mass is 553 g/mol. The summed E-state index contributed by atoms with van der Waals surface area (Å²) in [5, 5.41) is 9.60. The second kappa shape index (κ2) is 14.2. The smallest absolute Gasteiger partial charge is 0.291 e. The van der Waals surface area contributed by atoms with Crippen LogP contribution in [0.2, 0.25) is 0 Å². The molecule has 7 nitrogen and oxygen atoms in total. The number of anilines is 1. The molecular weight excluding hydrogens is 517 g/mol. The van der Waals surface area contributed by atoms with Crippen LogP contribution in [-0.4, -0.2) is 49.5 Å². The molecule has 2 heterocycles. The summed E-state index contributed by atoms with van der Waals surface area (Å²) in [5.74, 6) is 1.73. The second-order valence-corrected chi connectivity index (χ2v) is 8.13. The standard InChI is InChI=1S/C24H35N5O2.HI/c1-3-25-24(26-12-6-13-29-14-10-19(2)11-15-29)27-18-20-7-4-8-21(17-20)28-23(30)22-9-5-16-31-22;/h4-5,7-9,16-17,19H,3,6,10-15,18H2,1-2H3,(H,28,30)(H2,25,26,27);1H. The Morgan fingerprint density at radius 1 is 1.19 bits per heavy atom. The molecule has 0 atom stereocenters. The number of nitrogens with one attached hydrogen (secondary N) is 3. The van der Waals surface area contributed by atoms with Crippen molar-refractivity contribution in [2.75, 3.05) is 38.0 Å². The number of piperidine rings is 1. The average Bonchev–Trinajstić information content (AvgIpc) is 3.32. The lowest BCUT2D eigenvalue weighted by Crippen LogP contribution is -2.39. The highest BCUT2D eigenvalue weighted by Gasteiger charge is 2.14. The zero-order chi connectivity index (χ0) is 21.9. The van der Waals surface area contributed by atoms with Crippen molar-refractivity contribution in [2.24, 2.45) is 10.9 Å². The minimum absolute atomic E-state index is 0. The van der Waals surface area contributed by atoms with E-state index in [2.05, 4.69) is 34.7 Å². The number of carbonyl (C=O) groups excluding carboxylic acids is 1. The first-order chi connectivity index (χ1) is 15.1. The van der Waals surface area contributed by atoms with Gasteiger partial charge in [-0.05, 0) is 81.6 Å². The molecule has 1 aliphatic heterocycles. The molecule has 0 saturated carbocycles. The van der Waals surface area contributed by atoms with Crippen molar-refractivity contribution in [1.29, 1.82) is 0 Å². The van der Waals surface area contributed by atoms with Crippen LogP contribution in [0.25, 0.3) is 0 Å². The van der Waals surface area contributed by atoms with Crippen LogP contribution in [0.1, 0.15) is 49.2 Å². The van der Waals surface area contributed by atoms with Gasteiger partial charge >= 0.3 is 0 Å². The Labute approximate surface area is 208 Å². The molecule has 0 bridgehead atoms. The first-order valence-electron chi connectivity index (χ1n) is 11.3. The summed E-state index contributed by atoms with van der Waals surface area (Å²) in [6.45, 7) is 10.2. The zero-order valence-corrected chi connectivity index (χ0v) is 21.4. The van der Waals surface area contributed by atoms with Crippen LogP contribution in [0.5, 0.6) is 0 Å². The summed E-state index contributed by atoms with van der Waals surface area (Å²) in [6, 6.07) is 11.1. The van der Waals surface area contributed by atoms with Crippen LogP contribution in [-0.2, 0) is 6.54 Å². The molecular formula is C24H36IN5O2. The average molecular weight is 553 g/mol. The summed E-state index contributed by atoms with van der Waals surface area (Å²) in [6.07, 6.45) is 5.23. The van der Waals surface area contributed by atoms with Crippen molar-refractivity contribution in [1.82, 2.24) is 15.5 Å². The minimum atomic E-state index is -0.260. The molecule has 8 heteroatoms. The summed E-state index contributed by atoms with van der Waals surface area (Å²) in [7, 11) is 0. The quantitative estimate of drug-likeness (QED) is 0.187. The Hall–Kier alpha value is -2.07. The number of guanidine groups is 1. The maximum Gasteiger partial charge on any atom is 0.291 e. The second-order valence-electron chi connectivity index (χ2n) is 8.13. The van der Waals surface area contributed by atoms with Crippen molar-refractivity contribution < 1.29 is 9.21 Å². The number of hydrogen-bond acceptors (Lipinski definition) is 4. The van der Waals surface area contributed by atoms with Gasteiger partial charge in [-0.1, -0.05) is 19.1 Å². The van der Waals surface area contributed by atoms with Gasteiger partial charge in [-0.3, -0.25) is 4.79 Å². The fraction of sp³-hybridized carbons (Fsp3) is 0.500. The summed E-state index contributed by atoms with van der Waals surface area (Å²) in [5.41, 5.74) is 1.75. The molecule has 1 aliphatic rings. The van der Waals surface area contributed by atoms with E-state index in [1.54, 1.807) is 12.1 Å². The summed E-state index contributed by atoms with van der Waals surface area (Å²) in [4.78, 5) is 19.4. The molecule has 32 heavy (non-hydrogen) atoms. The normalized spacial score (nSPS) is 15.1. The van der Waals surface area contributed by atoms with Crippen LogP contribution in [0, 0.1) is 5.92 Å². The van der Waals surface area contributed by atoms with E-state index in [1.165, 1.54) is 32.2 Å². The predicted molar refractivity (Wildman–Crippen MR) is 141 cm³/mol. The number of carbonyl (C=O) groups is 1. The number of amides is 1. The van der Waals surface area contributed by atoms with Crippen molar-refractivity contribution in [2.45, 2.75) is 39.7 Å². The number of halogens is 1. The lowest BCUT2D eigenvalue weighted by atomic mass is 9.99. The van der Waals surface area contributed by atoms with E-state index in [0.717, 1.165) is 49.2 Å². The van der Waals surface area contributed by atoms with Crippen molar-refractivity contribution in [3.8, 4) is 0 Å². The van der Waals surface area contributed by atoms with Crippen LogP contribution in [0.4, 0.5) is 5.69 Å². The Morgan fingerprint density at radius 2 is 2.00 bits per heavy atom. The topological polar surface area (TPSA) is 81.9 Å². The number of furan rings is 1. The fourth-order valence-electron chi connectivity index (χ4n) is 3.66. The number of aliphatic imine (C=N–C) groups is 1. The summed E-state index contributed by atoms with van der Waals surface area (Å²) < 4.78 is 5.14. The van der Waals surface area contributed by atoms with Crippen molar-refractivity contribution >= 4 is 41.5 Å². The first kappa shape index (κ1) is 26.2. The number of hydrogen-bond donors (Lipinski definition) is 3. The molecule has 1 amide bonds. The number of likely N-dealkylation sites (tertiary alicyclic amines) is 1. The molecule has 0 spiro atoms. The van der Waals surface area contributed by atoms with E-state index in [0.29, 0.717) is 12.3 Å². The van der Waals surface area contributed by atoms with E-state index in [1.807, 2.05) is 24.3 Å². The van der Waals surface area contributed by atoms with Crippen molar-refractivity contribution in [3.05, 3.63) is 54.0 Å². The van der Waals surface area contributed by atoms with E-state index >= 15 is 0 Å². The maximum atomic E-state index is 12.2. The molecule has 2 aromatic rings. The van der Waals surface area contributed by atoms with Crippen LogP contribution in [0.3, 0.4) is 0 Å². The van der Waals surface area contributed by atoms with E-state index < -0.39 is 0 Å². The molecule has 1 fully saturated rings. The van der Waals surface area contributed by atoms with E-state index in [-0.39, 0.29) is 29.9 Å². The lowest BCUT2D eigenvalue weighted by molar-refractivity contribution is 0.0996. The highest BCUT2D eigenvalue weighted by molar-refractivity contribution is 14.0. The maximum absolute atomic E-state index is 12.2. The van der Waals surface area contributed by atoms with E-state index in [9.17, 15) is 4.79 Å². The Morgan fingerprint density at radius 3 is 2.72 bits per heavy atom. The van der Waals surface area contributed by atoms with Gasteiger partial charge in [0.15, 0.2) is 11.7 Å². The number of benzene rings is 1. The SMILES string of the molecule is CCNC(=NCc1cccc(NC(=O)c2ccco2)c1)NCCCN1CCC(C)CC1.I. The first-order valence-corrected chi connectivity index (χ1v) is 11.3. The van der Waals surface area contributed by atoms with Gasteiger partial charge in [0, 0.05) is 18.8 Å². The molecule has 0 unspecified atom stereocenters. The minimum Gasteiger partial charge on any atom is -0.459 e. The third-order valence-electron chi connectivity index (χ3n) is 5.51. The molecule has 1 aromatic heterocycles. The van der Waals surface area contributed by atoms with Crippen LogP contribution in [0.15, 0.2) is 52.1 Å². The molecule has 3 rings (SSSR count). The highest BCUT2D eigenvalue weighted by Crippen LogP contribution is 2.16. The number of nitrogens with zero attached hydrogens (tertiary/aromatic N) is 2. The van der Waals surface area contributed by atoms with Crippen LogP contribution < -0.4 is 16.0 Å². The third-order valence-corrected chi connectivity index (χ3v) is 5.51. The summed E-state index contributed by atoms with van der Waals surface area (Å²) >= 11 is 0. The number of rotatable bonds is 9. The largest absolute Gasteiger partial charge is 0.459 e. The van der Waals surface area contributed by atoms with Gasteiger partial charge in [-0.25, -0.2) is 4.99 Å². The Kier molecular flexibility index (Phi) is 11.6. The van der Waals surface area contributed by atoms with Gasteiger partial charge in [0.2, 0.25) is 0 Å². The van der Waals surface area contributed by atoms with Gasteiger partial charge < -0.3 is 25.3 Å². The van der Waals surface area contributed by atoms with Gasteiger partial charge in [0.25, 0.3) is 5.91 Å². The molecule has 0 aliphatic carbocycles. The van der Waals surface area contributed by atoms with Gasteiger partial charge in [0.05, 0.1) is 12.8 Å². The van der Waals surface area contributed by atoms with Crippen LogP contribution >= 0.6 is 24.0 Å². The predicted octanol–water partition coefficient (Wildman–Crippen LogP) is 4.33. The third kappa shape index (κ3) is 8.82. The zero-order valence-electron chi connectivity index (χ0n) is 19.1. The Bertz CT molecular complexity index is 833. The molecule has 0 radical (unpaired) electrons. The Balaban J connectivity index is 0.00000363. The highest BCUT2D eigenvalue weighted by atomic mass is 127. The van der Waals surface area contributed by atoms with Gasteiger partial charge in [-0.2, -0.15) is 0 Å². The molecule has 176 valence electrons. The molecule has 1 aromatic carbocycles. The molecule has 3 N–H and O–H groups in total. The van der Waals surface area contributed by atoms with Gasteiger partial charge in [-0.15, -0.1) is 24.0 Å². The molecule has 1 saturated heterocycles.